The van der Waals surface area contributed by atoms with Crippen LogP contribution in [0, 0.1) is 0 Å². The number of nitrogens with one attached hydrogen (secondary N) is 1. The van der Waals surface area contributed by atoms with Gasteiger partial charge in [-0.1, -0.05) is 18.2 Å². The van der Waals surface area contributed by atoms with Crippen molar-refractivity contribution in [1.82, 2.24) is 9.88 Å². The van der Waals surface area contributed by atoms with Gasteiger partial charge in [-0.3, -0.25) is 0 Å². The van der Waals surface area contributed by atoms with E-state index in [-0.39, 0.29) is 0 Å². The summed E-state index contributed by atoms with van der Waals surface area (Å²) < 4.78 is 7.89. The number of para-hydroxylation sites is 1. The van der Waals surface area contributed by atoms with Gasteiger partial charge >= 0.3 is 0 Å². The minimum Gasteiger partial charge on any atom is -0.377 e. The first-order valence-electron chi connectivity index (χ1n) is 6.80. The zero-order valence-corrected chi connectivity index (χ0v) is 10.6. The second-order valence-corrected chi connectivity index (χ2v) is 4.91. The van der Waals surface area contributed by atoms with Gasteiger partial charge in [0.1, 0.15) is 0 Å². The van der Waals surface area contributed by atoms with Crippen LogP contribution in [-0.2, 0) is 11.3 Å². The van der Waals surface area contributed by atoms with Crippen LogP contribution in [0.4, 0.5) is 0 Å². The van der Waals surface area contributed by atoms with E-state index >= 15 is 0 Å². The lowest BCUT2D eigenvalue weighted by atomic mass is 10.2. The van der Waals surface area contributed by atoms with Gasteiger partial charge in [-0.15, -0.1) is 0 Å². The number of rotatable bonds is 5. The molecule has 3 rings (SSSR count). The fraction of sp³-hybridized carbons (Fsp3) is 0.467. The van der Waals surface area contributed by atoms with E-state index in [2.05, 4.69) is 46.4 Å². The van der Waals surface area contributed by atoms with E-state index in [1.807, 2.05) is 0 Å². The van der Waals surface area contributed by atoms with Crippen molar-refractivity contribution in [3.05, 3.63) is 36.5 Å². The Bertz CT molecular complexity index is 500. The third-order valence-corrected chi connectivity index (χ3v) is 3.61. The molecule has 18 heavy (non-hydrogen) atoms. The highest BCUT2D eigenvalue weighted by Crippen LogP contribution is 2.14. The van der Waals surface area contributed by atoms with Crippen molar-refractivity contribution < 1.29 is 4.74 Å². The quantitative estimate of drug-likeness (QED) is 0.817. The molecule has 0 aliphatic carbocycles. The Labute approximate surface area is 108 Å². The van der Waals surface area contributed by atoms with Crippen molar-refractivity contribution in [3.63, 3.8) is 0 Å². The molecule has 1 aromatic heterocycles. The third-order valence-electron chi connectivity index (χ3n) is 3.61. The van der Waals surface area contributed by atoms with Crippen LogP contribution in [0.1, 0.15) is 12.8 Å². The maximum Gasteiger partial charge on any atom is 0.0700 e. The molecule has 0 saturated carbocycles. The lowest BCUT2D eigenvalue weighted by molar-refractivity contribution is 0.110. The Morgan fingerprint density at radius 2 is 2.22 bits per heavy atom. The summed E-state index contributed by atoms with van der Waals surface area (Å²) >= 11 is 0. The van der Waals surface area contributed by atoms with E-state index in [1.54, 1.807) is 0 Å². The lowest BCUT2D eigenvalue weighted by Crippen LogP contribution is -2.28. The second kappa shape index (κ2) is 5.55. The molecular weight excluding hydrogens is 224 g/mol. The van der Waals surface area contributed by atoms with Crippen molar-refractivity contribution in [2.45, 2.75) is 25.5 Å². The van der Waals surface area contributed by atoms with Crippen molar-refractivity contribution in [2.24, 2.45) is 0 Å². The summed E-state index contributed by atoms with van der Waals surface area (Å²) in [4.78, 5) is 0. The summed E-state index contributed by atoms with van der Waals surface area (Å²) in [6.45, 7) is 3.94. The van der Waals surface area contributed by atoms with E-state index < -0.39 is 0 Å². The molecule has 0 spiro atoms. The molecule has 1 saturated heterocycles. The highest BCUT2D eigenvalue weighted by molar-refractivity contribution is 5.79. The minimum atomic E-state index is 0.436. The van der Waals surface area contributed by atoms with Crippen molar-refractivity contribution >= 4 is 10.9 Å². The molecule has 1 unspecified atom stereocenters. The summed E-state index contributed by atoms with van der Waals surface area (Å²) in [5, 5.41) is 4.80. The van der Waals surface area contributed by atoms with Gasteiger partial charge in [0, 0.05) is 38.0 Å². The largest absolute Gasteiger partial charge is 0.377 e. The first-order valence-corrected chi connectivity index (χ1v) is 6.80. The second-order valence-electron chi connectivity index (χ2n) is 4.91. The molecule has 0 radical (unpaired) electrons. The van der Waals surface area contributed by atoms with Gasteiger partial charge in [0.25, 0.3) is 0 Å². The third kappa shape index (κ3) is 2.57. The van der Waals surface area contributed by atoms with Crippen molar-refractivity contribution in [1.29, 1.82) is 0 Å². The summed E-state index contributed by atoms with van der Waals surface area (Å²) in [5.74, 6) is 0. The van der Waals surface area contributed by atoms with E-state index in [4.69, 9.17) is 4.74 Å². The maximum atomic E-state index is 5.59. The summed E-state index contributed by atoms with van der Waals surface area (Å²) in [6, 6.07) is 10.7. The number of benzene rings is 1. The average Bonchev–Trinajstić information content (AvgIpc) is 3.04. The molecule has 2 aromatic rings. The Hall–Kier alpha value is -1.32. The van der Waals surface area contributed by atoms with Gasteiger partial charge in [0.05, 0.1) is 6.10 Å². The summed E-state index contributed by atoms with van der Waals surface area (Å²) in [6.07, 6.45) is 5.03. The number of nitrogens with zero attached hydrogens (tertiary/aromatic N) is 1. The summed E-state index contributed by atoms with van der Waals surface area (Å²) in [5.41, 5.74) is 1.32. The van der Waals surface area contributed by atoms with Crippen molar-refractivity contribution in [2.75, 3.05) is 19.7 Å². The van der Waals surface area contributed by atoms with E-state index in [0.717, 1.165) is 26.2 Å². The Morgan fingerprint density at radius 3 is 3.11 bits per heavy atom. The molecule has 1 fully saturated rings. The Kier molecular flexibility index (Phi) is 3.62. The molecule has 2 heterocycles. The van der Waals surface area contributed by atoms with Crippen LogP contribution in [0.25, 0.3) is 10.9 Å². The maximum absolute atomic E-state index is 5.59. The predicted octanol–water partition coefficient (Wildman–Crippen LogP) is 2.41. The van der Waals surface area contributed by atoms with Gasteiger partial charge in [-0.2, -0.15) is 0 Å². The van der Waals surface area contributed by atoms with Gasteiger partial charge in [0.2, 0.25) is 0 Å². The van der Waals surface area contributed by atoms with Crippen LogP contribution >= 0.6 is 0 Å². The number of ether oxygens (including phenoxy) is 1. The van der Waals surface area contributed by atoms with E-state index in [9.17, 15) is 0 Å². The van der Waals surface area contributed by atoms with Crippen LogP contribution in [0.3, 0.4) is 0 Å². The molecule has 3 heteroatoms. The minimum absolute atomic E-state index is 0.436. The Morgan fingerprint density at radius 1 is 1.28 bits per heavy atom. The SMILES string of the molecule is c1ccc2c(c1)ccn2CCNCC1CCCO1. The standard InChI is InChI=1S/C15H20N2O/c1-2-6-15-13(4-1)7-9-17(15)10-8-16-12-14-5-3-11-18-14/h1-2,4,6-7,9,14,16H,3,5,8,10-12H2. The fourth-order valence-electron chi connectivity index (χ4n) is 2.60. The van der Waals surface area contributed by atoms with Gasteiger partial charge in [-0.05, 0) is 30.4 Å². The lowest BCUT2D eigenvalue weighted by Gasteiger charge is -2.11. The summed E-state index contributed by atoms with van der Waals surface area (Å²) in [7, 11) is 0. The molecule has 3 nitrogen and oxygen atoms in total. The van der Waals surface area contributed by atoms with E-state index in [1.165, 1.54) is 23.7 Å². The fourth-order valence-corrected chi connectivity index (χ4v) is 2.60. The molecule has 1 N–H and O–H groups in total. The zero-order chi connectivity index (χ0) is 12.2. The zero-order valence-electron chi connectivity index (χ0n) is 10.6. The first kappa shape index (κ1) is 11.8. The normalized spacial score (nSPS) is 19.7. The molecule has 0 amide bonds. The van der Waals surface area contributed by atoms with Crippen LogP contribution < -0.4 is 5.32 Å². The average molecular weight is 244 g/mol. The molecule has 1 aromatic carbocycles. The molecule has 1 aliphatic rings. The molecule has 1 atom stereocenters. The number of aromatic nitrogens is 1. The monoisotopic (exact) mass is 244 g/mol. The first-order chi connectivity index (χ1) is 8.93. The topological polar surface area (TPSA) is 26.2 Å². The number of hydrogen-bond acceptors (Lipinski definition) is 2. The number of hydrogen-bond donors (Lipinski definition) is 1. The van der Waals surface area contributed by atoms with Gasteiger partial charge in [0.15, 0.2) is 0 Å². The van der Waals surface area contributed by atoms with Gasteiger partial charge < -0.3 is 14.6 Å². The van der Waals surface area contributed by atoms with Crippen LogP contribution in [0.15, 0.2) is 36.5 Å². The van der Waals surface area contributed by atoms with Crippen LogP contribution in [-0.4, -0.2) is 30.4 Å². The van der Waals surface area contributed by atoms with Crippen LogP contribution in [0.2, 0.25) is 0 Å². The van der Waals surface area contributed by atoms with Crippen molar-refractivity contribution in [3.8, 4) is 0 Å². The van der Waals surface area contributed by atoms with Crippen LogP contribution in [0.5, 0.6) is 0 Å². The highest BCUT2D eigenvalue weighted by atomic mass is 16.5. The molecule has 1 aliphatic heterocycles. The van der Waals surface area contributed by atoms with Gasteiger partial charge in [-0.25, -0.2) is 0 Å². The highest BCUT2D eigenvalue weighted by Gasteiger charge is 2.14. The molecule has 96 valence electrons. The Balaban J connectivity index is 1.50. The number of fused-ring (bicyclic) bond motifs is 1. The smallest absolute Gasteiger partial charge is 0.0700 e. The van der Waals surface area contributed by atoms with E-state index in [0.29, 0.717) is 6.10 Å². The molecule has 0 bridgehead atoms. The predicted molar refractivity (Wildman–Crippen MR) is 73.8 cm³/mol. The molecular formula is C15H20N2O.